The third-order valence-corrected chi connectivity index (χ3v) is 2.53. The summed E-state index contributed by atoms with van der Waals surface area (Å²) >= 11 is 5.77. The maximum absolute atomic E-state index is 11.6. The molecule has 15 heavy (non-hydrogen) atoms. The van der Waals surface area contributed by atoms with Crippen molar-refractivity contribution in [3.8, 4) is 0 Å². The lowest BCUT2D eigenvalue weighted by molar-refractivity contribution is -0.117. The van der Waals surface area contributed by atoms with Crippen LogP contribution in [-0.2, 0) is 4.79 Å². The Hall–Kier alpha value is -1.29. The largest absolute Gasteiger partial charge is 0.357 e. The van der Waals surface area contributed by atoms with Crippen LogP contribution >= 0.6 is 11.6 Å². The Bertz CT molecular complexity index is 394. The molecule has 1 amide bonds. The minimum absolute atomic E-state index is 0.00604. The second-order valence-corrected chi connectivity index (χ2v) is 3.89. The van der Waals surface area contributed by atoms with E-state index in [-0.39, 0.29) is 11.9 Å². The molecule has 4 nitrogen and oxygen atoms in total. The van der Waals surface area contributed by atoms with Gasteiger partial charge in [-0.25, -0.2) is 4.98 Å². The number of pyridine rings is 1. The lowest BCUT2D eigenvalue weighted by atomic mass is 10.1. The highest BCUT2D eigenvalue weighted by atomic mass is 35.5. The van der Waals surface area contributed by atoms with Crippen LogP contribution in [0.15, 0.2) is 12.1 Å². The van der Waals surface area contributed by atoms with Crippen molar-refractivity contribution in [3.05, 3.63) is 17.3 Å². The molecule has 80 valence electrons. The second kappa shape index (κ2) is 4.06. The molecule has 2 heterocycles. The molecular formula is C10H12ClN3O. The lowest BCUT2D eigenvalue weighted by Gasteiger charge is -2.25. The van der Waals surface area contributed by atoms with Crippen molar-refractivity contribution in [1.29, 1.82) is 0 Å². The van der Waals surface area contributed by atoms with Gasteiger partial charge in [0.15, 0.2) is 5.82 Å². The van der Waals surface area contributed by atoms with E-state index in [0.29, 0.717) is 16.7 Å². The van der Waals surface area contributed by atoms with Crippen LogP contribution in [0.1, 0.15) is 19.8 Å². The predicted molar refractivity (Wildman–Crippen MR) is 60.2 cm³/mol. The molecule has 1 aromatic heterocycles. The number of aromatic nitrogens is 1. The molecule has 2 N–H and O–H groups in total. The molecule has 0 aromatic carbocycles. The van der Waals surface area contributed by atoms with Gasteiger partial charge in [-0.15, -0.1) is 0 Å². The summed E-state index contributed by atoms with van der Waals surface area (Å²) in [6.07, 6.45) is 1.74. The molecule has 0 saturated carbocycles. The number of anilines is 2. The number of carbonyl (C=O) groups is 1. The highest BCUT2D eigenvalue weighted by Gasteiger charge is 2.25. The summed E-state index contributed by atoms with van der Waals surface area (Å²) in [4.78, 5) is 15.7. The van der Waals surface area contributed by atoms with E-state index in [1.807, 2.05) is 6.92 Å². The molecule has 0 bridgehead atoms. The highest BCUT2D eigenvalue weighted by Crippen LogP contribution is 2.27. The lowest BCUT2D eigenvalue weighted by Crippen LogP contribution is -2.39. The Balaban J connectivity index is 2.26. The average molecular weight is 226 g/mol. The minimum Gasteiger partial charge on any atom is -0.357 e. The summed E-state index contributed by atoms with van der Waals surface area (Å²) in [5.74, 6) is 0.647. The first-order chi connectivity index (χ1) is 7.20. The first-order valence-electron chi connectivity index (χ1n) is 4.94. The topological polar surface area (TPSA) is 54.0 Å². The maximum Gasteiger partial charge on any atom is 0.247 e. The summed E-state index contributed by atoms with van der Waals surface area (Å²) in [5, 5.41) is 6.30. The third kappa shape index (κ3) is 2.04. The molecule has 0 spiro atoms. The number of hydrogen-bond donors (Lipinski definition) is 2. The first kappa shape index (κ1) is 10.2. The average Bonchev–Trinajstić information content (AvgIpc) is 2.20. The smallest absolute Gasteiger partial charge is 0.247 e. The molecule has 1 unspecified atom stereocenters. The second-order valence-electron chi connectivity index (χ2n) is 3.50. The standard InChI is InChI=1S/C10H12ClN3O/c1-2-3-7-10(15)13-6-4-5-8(11)14-9(6)12-7/h4-5,7H,2-3H2,1H3,(H,12,14)(H,13,15). The van der Waals surface area contributed by atoms with Crippen LogP contribution in [0.4, 0.5) is 11.5 Å². The third-order valence-electron chi connectivity index (χ3n) is 2.32. The van der Waals surface area contributed by atoms with Crippen LogP contribution in [0.25, 0.3) is 0 Å². The number of nitrogens with one attached hydrogen (secondary N) is 2. The number of amides is 1. The number of carbonyl (C=O) groups excluding carboxylic acids is 1. The van der Waals surface area contributed by atoms with Gasteiger partial charge in [0.1, 0.15) is 11.2 Å². The Labute approximate surface area is 93.0 Å². The van der Waals surface area contributed by atoms with Gasteiger partial charge in [0.2, 0.25) is 5.91 Å². The SMILES string of the molecule is CCCC1Nc2nc(Cl)ccc2NC1=O. The van der Waals surface area contributed by atoms with Crippen molar-refractivity contribution in [2.24, 2.45) is 0 Å². The van der Waals surface area contributed by atoms with Gasteiger partial charge in [-0.05, 0) is 18.6 Å². The van der Waals surface area contributed by atoms with Gasteiger partial charge in [0.05, 0.1) is 5.69 Å². The van der Waals surface area contributed by atoms with E-state index >= 15 is 0 Å². The molecule has 5 heteroatoms. The van der Waals surface area contributed by atoms with Crippen LogP contribution in [0.5, 0.6) is 0 Å². The van der Waals surface area contributed by atoms with Gasteiger partial charge < -0.3 is 10.6 Å². The zero-order valence-electron chi connectivity index (χ0n) is 8.38. The monoisotopic (exact) mass is 225 g/mol. The van der Waals surface area contributed by atoms with Crippen LogP contribution in [0, 0.1) is 0 Å². The predicted octanol–water partition coefficient (Wildman–Crippen LogP) is 2.27. The molecular weight excluding hydrogens is 214 g/mol. The minimum atomic E-state index is -0.200. The fourth-order valence-corrected chi connectivity index (χ4v) is 1.74. The molecule has 0 radical (unpaired) electrons. The summed E-state index contributed by atoms with van der Waals surface area (Å²) in [6, 6.07) is 3.20. The van der Waals surface area contributed by atoms with Gasteiger partial charge in [0.25, 0.3) is 0 Å². The first-order valence-corrected chi connectivity index (χ1v) is 5.32. The number of fused-ring (bicyclic) bond motifs is 1. The number of halogens is 1. The van der Waals surface area contributed by atoms with Crippen LogP contribution < -0.4 is 10.6 Å². The Kier molecular flexibility index (Phi) is 2.77. The van der Waals surface area contributed by atoms with Gasteiger partial charge >= 0.3 is 0 Å². The zero-order chi connectivity index (χ0) is 10.8. The summed E-state index contributed by atoms with van der Waals surface area (Å²) in [6.45, 7) is 2.04. The highest BCUT2D eigenvalue weighted by molar-refractivity contribution is 6.29. The fraction of sp³-hybridized carbons (Fsp3) is 0.400. The maximum atomic E-state index is 11.6. The Morgan fingerprint density at radius 3 is 3.07 bits per heavy atom. The van der Waals surface area contributed by atoms with E-state index < -0.39 is 0 Å². The molecule has 1 aliphatic heterocycles. The van der Waals surface area contributed by atoms with Crippen molar-refractivity contribution in [1.82, 2.24) is 4.98 Å². The van der Waals surface area contributed by atoms with Gasteiger partial charge in [0, 0.05) is 0 Å². The van der Waals surface area contributed by atoms with Crippen LogP contribution in [0.2, 0.25) is 5.15 Å². The molecule has 1 aromatic rings. The Morgan fingerprint density at radius 2 is 2.33 bits per heavy atom. The molecule has 2 rings (SSSR count). The summed E-state index contributed by atoms with van der Waals surface area (Å²) in [7, 11) is 0. The zero-order valence-corrected chi connectivity index (χ0v) is 9.14. The molecule has 0 saturated heterocycles. The van der Waals surface area contributed by atoms with Crippen molar-refractivity contribution < 1.29 is 4.79 Å². The van der Waals surface area contributed by atoms with Crippen LogP contribution in [-0.4, -0.2) is 16.9 Å². The van der Waals surface area contributed by atoms with E-state index in [0.717, 1.165) is 12.8 Å². The normalized spacial score (nSPS) is 19.1. The fourth-order valence-electron chi connectivity index (χ4n) is 1.59. The van der Waals surface area contributed by atoms with Crippen molar-refractivity contribution in [2.75, 3.05) is 10.6 Å². The summed E-state index contributed by atoms with van der Waals surface area (Å²) in [5.41, 5.74) is 0.691. The van der Waals surface area contributed by atoms with Crippen molar-refractivity contribution in [2.45, 2.75) is 25.8 Å². The van der Waals surface area contributed by atoms with E-state index in [9.17, 15) is 4.79 Å². The molecule has 1 aliphatic rings. The van der Waals surface area contributed by atoms with E-state index in [1.54, 1.807) is 12.1 Å². The Morgan fingerprint density at radius 1 is 1.53 bits per heavy atom. The van der Waals surface area contributed by atoms with E-state index in [1.165, 1.54) is 0 Å². The van der Waals surface area contributed by atoms with Crippen LogP contribution in [0.3, 0.4) is 0 Å². The number of nitrogens with zero attached hydrogens (tertiary/aromatic N) is 1. The molecule has 0 fully saturated rings. The number of rotatable bonds is 2. The van der Waals surface area contributed by atoms with Gasteiger partial charge in [-0.3, -0.25) is 4.79 Å². The van der Waals surface area contributed by atoms with E-state index in [2.05, 4.69) is 15.6 Å². The quantitative estimate of drug-likeness (QED) is 0.760. The van der Waals surface area contributed by atoms with Crippen molar-refractivity contribution >= 4 is 29.0 Å². The molecule has 1 atom stereocenters. The van der Waals surface area contributed by atoms with Gasteiger partial charge in [-0.2, -0.15) is 0 Å². The van der Waals surface area contributed by atoms with Gasteiger partial charge in [-0.1, -0.05) is 24.9 Å². The number of hydrogen-bond acceptors (Lipinski definition) is 3. The van der Waals surface area contributed by atoms with Crippen molar-refractivity contribution in [3.63, 3.8) is 0 Å². The summed E-state index contributed by atoms with van der Waals surface area (Å²) < 4.78 is 0. The van der Waals surface area contributed by atoms with E-state index in [4.69, 9.17) is 11.6 Å². The molecule has 0 aliphatic carbocycles.